The van der Waals surface area contributed by atoms with Crippen molar-refractivity contribution in [1.82, 2.24) is 0 Å². The molecule has 234 valence electrons. The molecule has 10 atom stereocenters. The molecule has 0 spiro atoms. The molecule has 0 bridgehead atoms. The molecule has 13 heteroatoms. The Bertz CT molecular complexity index is 780. The standard InChI is InChI=1S/C27H48O13/c1-5-16(4)25(35)38-23-22(37-19(31)11-9-7-6-8-10-15(2)3)20(32)17(12-28)36-26(23)40-27(14-30)24(34)21(33)18(13-29)39-27/h15-18,20-24,26,28-30,32-34H,5-14H2,1-4H3/t16?,17-,18-,20-,21-,22+,23-,24+,26-,27+/m1/s1. The third-order valence-electron chi connectivity index (χ3n) is 7.47. The molecular weight excluding hydrogens is 532 g/mol. The molecule has 0 aromatic carbocycles. The lowest BCUT2D eigenvalue weighted by Crippen LogP contribution is -2.64. The molecule has 2 aliphatic rings. The van der Waals surface area contributed by atoms with Crippen LogP contribution in [0.2, 0.25) is 0 Å². The van der Waals surface area contributed by atoms with E-state index >= 15 is 0 Å². The number of hydrogen-bond donors (Lipinski definition) is 6. The van der Waals surface area contributed by atoms with Crippen LogP contribution in [0.3, 0.4) is 0 Å². The molecule has 0 aromatic heterocycles. The first-order valence-corrected chi connectivity index (χ1v) is 14.2. The maximum atomic E-state index is 12.8. The maximum Gasteiger partial charge on any atom is 0.309 e. The number of rotatable bonds is 16. The summed E-state index contributed by atoms with van der Waals surface area (Å²) in [5.41, 5.74) is 0. The summed E-state index contributed by atoms with van der Waals surface area (Å²) in [6.45, 7) is 5.19. The van der Waals surface area contributed by atoms with E-state index < -0.39 is 92.5 Å². The van der Waals surface area contributed by atoms with Crippen LogP contribution in [0, 0.1) is 11.8 Å². The number of carbonyl (C=O) groups is 2. The number of ether oxygens (including phenoxy) is 5. The van der Waals surface area contributed by atoms with Gasteiger partial charge in [-0.2, -0.15) is 0 Å². The third-order valence-corrected chi connectivity index (χ3v) is 7.47. The first-order valence-electron chi connectivity index (χ1n) is 14.2. The van der Waals surface area contributed by atoms with Gasteiger partial charge in [-0.1, -0.05) is 53.4 Å². The van der Waals surface area contributed by atoms with Crippen molar-refractivity contribution in [3.05, 3.63) is 0 Å². The number of unbranched alkanes of at least 4 members (excludes halogenated alkanes) is 3. The molecule has 40 heavy (non-hydrogen) atoms. The van der Waals surface area contributed by atoms with E-state index in [1.165, 1.54) is 0 Å². The van der Waals surface area contributed by atoms with Crippen LogP contribution >= 0.6 is 0 Å². The van der Waals surface area contributed by atoms with Gasteiger partial charge in [0.05, 0.1) is 19.1 Å². The van der Waals surface area contributed by atoms with E-state index in [1.807, 2.05) is 0 Å². The van der Waals surface area contributed by atoms with Gasteiger partial charge >= 0.3 is 11.9 Å². The molecule has 0 saturated carbocycles. The van der Waals surface area contributed by atoms with Gasteiger partial charge in [0.15, 0.2) is 12.2 Å². The van der Waals surface area contributed by atoms with Gasteiger partial charge in [-0.3, -0.25) is 9.59 Å². The number of carbonyl (C=O) groups excluding carboxylic acids is 2. The lowest BCUT2D eigenvalue weighted by atomic mass is 9.97. The highest BCUT2D eigenvalue weighted by Gasteiger charge is 2.59. The molecule has 0 amide bonds. The lowest BCUT2D eigenvalue weighted by Gasteiger charge is -2.45. The van der Waals surface area contributed by atoms with Crippen molar-refractivity contribution in [2.24, 2.45) is 11.8 Å². The monoisotopic (exact) mass is 580 g/mol. The average molecular weight is 581 g/mol. The van der Waals surface area contributed by atoms with Crippen molar-refractivity contribution < 1.29 is 63.9 Å². The second-order valence-electron chi connectivity index (χ2n) is 11.1. The summed E-state index contributed by atoms with van der Waals surface area (Å²) in [5, 5.41) is 61.2. The molecule has 2 heterocycles. The Kier molecular flexibility index (Phi) is 14.2. The van der Waals surface area contributed by atoms with Crippen molar-refractivity contribution in [3.8, 4) is 0 Å². The zero-order chi connectivity index (χ0) is 30.0. The normalized spacial score (nSPS) is 35.1. The van der Waals surface area contributed by atoms with Gasteiger partial charge < -0.3 is 54.3 Å². The van der Waals surface area contributed by atoms with Crippen molar-refractivity contribution in [2.45, 2.75) is 127 Å². The first kappa shape index (κ1) is 34.8. The van der Waals surface area contributed by atoms with Crippen molar-refractivity contribution in [2.75, 3.05) is 19.8 Å². The summed E-state index contributed by atoms with van der Waals surface area (Å²) in [5.74, 6) is -3.70. The second-order valence-corrected chi connectivity index (χ2v) is 11.1. The zero-order valence-corrected chi connectivity index (χ0v) is 23.9. The Hall–Kier alpha value is -1.42. The van der Waals surface area contributed by atoms with Crippen LogP contribution < -0.4 is 0 Å². The summed E-state index contributed by atoms with van der Waals surface area (Å²) in [7, 11) is 0. The molecule has 2 rings (SSSR count). The minimum Gasteiger partial charge on any atom is -0.455 e. The van der Waals surface area contributed by atoms with Crippen molar-refractivity contribution >= 4 is 11.9 Å². The molecule has 0 aromatic rings. The highest BCUT2D eigenvalue weighted by molar-refractivity contribution is 5.72. The van der Waals surface area contributed by atoms with Gasteiger partial charge in [0.1, 0.15) is 37.1 Å². The summed E-state index contributed by atoms with van der Waals surface area (Å²) in [4.78, 5) is 25.6. The molecule has 13 nitrogen and oxygen atoms in total. The highest BCUT2D eigenvalue weighted by Crippen LogP contribution is 2.37. The van der Waals surface area contributed by atoms with Crippen LogP contribution in [0.5, 0.6) is 0 Å². The third kappa shape index (κ3) is 8.79. The Morgan fingerprint density at radius 3 is 2.08 bits per heavy atom. The summed E-state index contributed by atoms with van der Waals surface area (Å²) in [6.07, 6.45) is -7.78. The smallest absolute Gasteiger partial charge is 0.309 e. The van der Waals surface area contributed by atoms with E-state index in [0.29, 0.717) is 18.8 Å². The van der Waals surface area contributed by atoms with E-state index in [0.717, 1.165) is 25.7 Å². The van der Waals surface area contributed by atoms with E-state index in [2.05, 4.69) is 13.8 Å². The van der Waals surface area contributed by atoms with Crippen molar-refractivity contribution in [1.29, 1.82) is 0 Å². The summed E-state index contributed by atoms with van der Waals surface area (Å²) >= 11 is 0. The molecule has 2 saturated heterocycles. The van der Waals surface area contributed by atoms with Crippen molar-refractivity contribution in [3.63, 3.8) is 0 Å². The maximum absolute atomic E-state index is 12.8. The largest absolute Gasteiger partial charge is 0.455 e. The first-order chi connectivity index (χ1) is 18.9. The predicted molar refractivity (Wildman–Crippen MR) is 138 cm³/mol. The number of aliphatic hydroxyl groups is 6. The molecule has 0 radical (unpaired) electrons. The lowest BCUT2D eigenvalue weighted by molar-refractivity contribution is -0.384. The zero-order valence-electron chi connectivity index (χ0n) is 23.9. The minimum atomic E-state index is -2.33. The van der Waals surface area contributed by atoms with E-state index in [4.69, 9.17) is 23.7 Å². The average Bonchev–Trinajstić information content (AvgIpc) is 3.17. The number of hydrogen-bond acceptors (Lipinski definition) is 13. The molecule has 1 unspecified atom stereocenters. The van der Waals surface area contributed by atoms with Gasteiger partial charge in [-0.15, -0.1) is 0 Å². The van der Waals surface area contributed by atoms with Gasteiger partial charge in [-0.25, -0.2) is 0 Å². The Morgan fingerprint density at radius 2 is 1.52 bits per heavy atom. The van der Waals surface area contributed by atoms with E-state index in [-0.39, 0.29) is 6.42 Å². The van der Waals surface area contributed by atoms with Gasteiger partial charge in [-0.05, 0) is 18.8 Å². The summed E-state index contributed by atoms with van der Waals surface area (Å²) < 4.78 is 28.0. The molecule has 0 aliphatic carbocycles. The SMILES string of the molecule is CCC(C)C(=O)O[C@H]1[C@@H](O[C@]2(CO)O[C@H](CO)[C@@H](O)[C@@H]2O)O[C@H](CO)[C@@H](O)[C@@H]1OC(=O)CCCCCCC(C)C. The minimum absolute atomic E-state index is 0.0415. The Morgan fingerprint density at radius 1 is 0.875 bits per heavy atom. The van der Waals surface area contributed by atoms with Gasteiger partial charge in [0.2, 0.25) is 12.1 Å². The predicted octanol–water partition coefficient (Wildman–Crippen LogP) is -0.251. The molecule has 2 fully saturated rings. The quantitative estimate of drug-likeness (QED) is 0.103. The fourth-order valence-electron chi connectivity index (χ4n) is 4.67. The van der Waals surface area contributed by atoms with Crippen LogP contribution in [0.25, 0.3) is 0 Å². The van der Waals surface area contributed by atoms with Crippen LogP contribution in [0.1, 0.15) is 72.6 Å². The van der Waals surface area contributed by atoms with Gasteiger partial charge in [0, 0.05) is 6.42 Å². The topological polar surface area (TPSA) is 202 Å². The molecule has 6 N–H and O–H groups in total. The number of esters is 2. The van der Waals surface area contributed by atoms with E-state index in [1.54, 1.807) is 13.8 Å². The van der Waals surface area contributed by atoms with Crippen LogP contribution in [0.4, 0.5) is 0 Å². The highest BCUT2D eigenvalue weighted by atomic mass is 16.8. The fraction of sp³-hybridized carbons (Fsp3) is 0.926. The van der Waals surface area contributed by atoms with Crippen LogP contribution in [-0.2, 0) is 33.3 Å². The Labute approximate surface area is 235 Å². The second kappa shape index (κ2) is 16.3. The van der Waals surface area contributed by atoms with Crippen LogP contribution in [-0.4, -0.2) is 117 Å². The van der Waals surface area contributed by atoms with E-state index in [9.17, 15) is 40.2 Å². The van der Waals surface area contributed by atoms with Gasteiger partial charge in [0.25, 0.3) is 0 Å². The Balaban J connectivity index is 2.26. The molecule has 2 aliphatic heterocycles. The fourth-order valence-corrected chi connectivity index (χ4v) is 4.67. The summed E-state index contributed by atoms with van der Waals surface area (Å²) in [6, 6.07) is 0. The molecular formula is C27H48O13. The number of aliphatic hydroxyl groups excluding tert-OH is 6. The van der Waals surface area contributed by atoms with Crippen LogP contribution in [0.15, 0.2) is 0 Å².